The maximum absolute atomic E-state index is 11.6. The molecule has 0 saturated carbocycles. The molecule has 1 rings (SSSR count). The molecule has 0 bridgehead atoms. The van der Waals surface area contributed by atoms with Crippen LogP contribution in [0.25, 0.3) is 0 Å². The lowest BCUT2D eigenvalue weighted by Crippen LogP contribution is -2.35. The molecule has 1 aromatic rings. The first kappa shape index (κ1) is 16.4. The number of hydrogen-bond acceptors (Lipinski definition) is 3. The Morgan fingerprint density at radius 3 is 2.35 bits per heavy atom. The van der Waals surface area contributed by atoms with E-state index in [1.807, 2.05) is 12.1 Å². The predicted molar refractivity (Wildman–Crippen MR) is 82.4 cm³/mol. The second kappa shape index (κ2) is 7.83. The molecule has 0 fully saturated rings. The molecule has 108 valence electrons. The third-order valence-electron chi connectivity index (χ3n) is 2.41. The number of carbonyl (C=O) groups excluding carboxylic acids is 2. The van der Waals surface area contributed by atoms with Crippen molar-refractivity contribution < 1.29 is 19.5 Å². The van der Waals surface area contributed by atoms with Crippen LogP contribution in [0.1, 0.15) is 19.8 Å². The monoisotopic (exact) mass is 390 g/mol. The van der Waals surface area contributed by atoms with E-state index < -0.39 is 17.9 Å². The van der Waals surface area contributed by atoms with Crippen LogP contribution in [0.4, 0.5) is 10.5 Å². The summed E-state index contributed by atoms with van der Waals surface area (Å²) in [6.45, 7) is 1.64. The van der Waals surface area contributed by atoms with Crippen molar-refractivity contribution in [3.63, 3.8) is 0 Å². The van der Waals surface area contributed by atoms with Gasteiger partial charge in [-0.2, -0.15) is 0 Å². The number of benzene rings is 1. The predicted octanol–water partition coefficient (Wildman–Crippen LogP) is 2.44. The number of urea groups is 1. The average Bonchev–Trinajstić information content (AvgIpc) is 2.30. The quantitative estimate of drug-likeness (QED) is 0.673. The van der Waals surface area contributed by atoms with Gasteiger partial charge in [0.1, 0.15) is 0 Å². The van der Waals surface area contributed by atoms with Crippen molar-refractivity contribution in [3.05, 3.63) is 27.8 Å². The van der Waals surface area contributed by atoms with Gasteiger partial charge in [0.05, 0.1) is 0 Å². The number of carboxylic acid groups (broad SMARTS) is 1. The second-order valence-corrected chi connectivity index (χ2v) is 5.66. The van der Waals surface area contributed by atoms with Crippen molar-refractivity contribution in [2.24, 2.45) is 5.92 Å². The van der Waals surface area contributed by atoms with E-state index in [2.05, 4.69) is 33.2 Å². The first-order valence-corrected chi connectivity index (χ1v) is 7.03. The maximum atomic E-state index is 11.6. The van der Waals surface area contributed by atoms with E-state index in [4.69, 9.17) is 5.11 Å². The number of hydrogen-bond donors (Lipinski definition) is 3. The summed E-state index contributed by atoms with van der Waals surface area (Å²) in [5, 5.41) is 13.3. The zero-order valence-corrected chi connectivity index (χ0v) is 13.0. The van der Waals surface area contributed by atoms with Crippen molar-refractivity contribution in [3.8, 4) is 0 Å². The number of aliphatic carboxylic acids is 1. The maximum Gasteiger partial charge on any atom is 0.325 e. The Morgan fingerprint density at radius 1 is 1.20 bits per heavy atom. The van der Waals surface area contributed by atoms with E-state index in [1.165, 1.54) is 0 Å². The van der Waals surface area contributed by atoms with Crippen LogP contribution in [0.5, 0.6) is 0 Å². The Balaban J connectivity index is 2.40. The smallest absolute Gasteiger partial charge is 0.325 e. The van der Waals surface area contributed by atoms with Crippen LogP contribution in [0.15, 0.2) is 24.3 Å². The van der Waals surface area contributed by atoms with Gasteiger partial charge in [0.25, 0.3) is 0 Å². The molecule has 0 spiro atoms. The standard InChI is InChI=1S/C13H15IN2O4/c1-8(7-12(18)19)6-11(17)16-13(20)15-10-4-2-9(14)3-5-10/h2-5,8H,6-7H2,1H3,(H,18,19)(H2,15,16,17,20). The number of carboxylic acids is 1. The second-order valence-electron chi connectivity index (χ2n) is 4.42. The number of anilines is 1. The number of imide groups is 1. The van der Waals surface area contributed by atoms with Gasteiger partial charge in [-0.15, -0.1) is 0 Å². The number of rotatable bonds is 5. The molecule has 1 atom stereocenters. The summed E-state index contributed by atoms with van der Waals surface area (Å²) in [4.78, 5) is 33.5. The Bertz CT molecular complexity index is 502. The van der Waals surface area contributed by atoms with Gasteiger partial charge in [0, 0.05) is 22.1 Å². The largest absolute Gasteiger partial charge is 0.481 e. The van der Waals surface area contributed by atoms with Crippen LogP contribution in [0, 0.1) is 9.49 Å². The lowest BCUT2D eigenvalue weighted by molar-refractivity contribution is -0.138. The van der Waals surface area contributed by atoms with Crippen LogP contribution in [-0.4, -0.2) is 23.0 Å². The Kier molecular flexibility index (Phi) is 6.43. The molecule has 6 nitrogen and oxygen atoms in total. The molecule has 0 heterocycles. The molecule has 0 aromatic heterocycles. The lowest BCUT2D eigenvalue weighted by atomic mass is 10.0. The van der Waals surface area contributed by atoms with E-state index in [-0.39, 0.29) is 18.8 Å². The summed E-state index contributed by atoms with van der Waals surface area (Å²) in [7, 11) is 0. The summed E-state index contributed by atoms with van der Waals surface area (Å²) in [5.41, 5.74) is 0.578. The topological polar surface area (TPSA) is 95.5 Å². The SMILES string of the molecule is CC(CC(=O)O)CC(=O)NC(=O)Nc1ccc(I)cc1. The molecule has 0 radical (unpaired) electrons. The van der Waals surface area contributed by atoms with E-state index in [1.54, 1.807) is 19.1 Å². The zero-order valence-electron chi connectivity index (χ0n) is 10.9. The molecule has 20 heavy (non-hydrogen) atoms. The van der Waals surface area contributed by atoms with Crippen LogP contribution in [-0.2, 0) is 9.59 Å². The van der Waals surface area contributed by atoms with Gasteiger partial charge in [-0.1, -0.05) is 6.92 Å². The van der Waals surface area contributed by atoms with Crippen molar-refractivity contribution in [1.82, 2.24) is 5.32 Å². The van der Waals surface area contributed by atoms with Gasteiger partial charge < -0.3 is 10.4 Å². The number of carbonyl (C=O) groups is 3. The minimum Gasteiger partial charge on any atom is -0.481 e. The van der Waals surface area contributed by atoms with E-state index in [9.17, 15) is 14.4 Å². The van der Waals surface area contributed by atoms with Gasteiger partial charge >= 0.3 is 12.0 Å². The molecule has 0 aliphatic heterocycles. The molecule has 3 N–H and O–H groups in total. The summed E-state index contributed by atoms with van der Waals surface area (Å²) < 4.78 is 1.03. The van der Waals surface area contributed by atoms with Crippen molar-refractivity contribution in [2.45, 2.75) is 19.8 Å². The molecule has 0 aliphatic rings. The highest BCUT2D eigenvalue weighted by Crippen LogP contribution is 2.11. The van der Waals surface area contributed by atoms with Crippen molar-refractivity contribution in [1.29, 1.82) is 0 Å². The minimum atomic E-state index is -0.964. The highest BCUT2D eigenvalue weighted by molar-refractivity contribution is 14.1. The van der Waals surface area contributed by atoms with Crippen LogP contribution in [0.2, 0.25) is 0 Å². The highest BCUT2D eigenvalue weighted by Gasteiger charge is 2.14. The zero-order chi connectivity index (χ0) is 15.1. The fourth-order valence-corrected chi connectivity index (χ4v) is 1.92. The van der Waals surface area contributed by atoms with Crippen molar-refractivity contribution in [2.75, 3.05) is 5.32 Å². The van der Waals surface area contributed by atoms with Gasteiger partial charge in [-0.05, 0) is 52.8 Å². The average molecular weight is 390 g/mol. The van der Waals surface area contributed by atoms with E-state index in [0.717, 1.165) is 3.57 Å². The van der Waals surface area contributed by atoms with Gasteiger partial charge in [-0.25, -0.2) is 4.79 Å². The fourth-order valence-electron chi connectivity index (χ4n) is 1.56. The third kappa shape index (κ3) is 6.50. The summed E-state index contributed by atoms with van der Waals surface area (Å²) in [6.07, 6.45) is -0.113. The van der Waals surface area contributed by atoms with E-state index in [0.29, 0.717) is 5.69 Å². The van der Waals surface area contributed by atoms with E-state index >= 15 is 0 Å². The van der Waals surface area contributed by atoms with Crippen LogP contribution in [0.3, 0.4) is 0 Å². The van der Waals surface area contributed by atoms with Crippen molar-refractivity contribution >= 4 is 46.2 Å². The molecule has 3 amide bonds. The molecule has 0 saturated heterocycles. The Hall–Kier alpha value is -1.64. The number of halogens is 1. The Labute approximate surface area is 130 Å². The number of nitrogens with one attached hydrogen (secondary N) is 2. The van der Waals surface area contributed by atoms with Gasteiger partial charge in [0.15, 0.2) is 0 Å². The molecular weight excluding hydrogens is 375 g/mol. The minimum absolute atomic E-state index is 0.00753. The first-order chi connectivity index (χ1) is 9.36. The highest BCUT2D eigenvalue weighted by atomic mass is 127. The normalized spacial score (nSPS) is 11.5. The summed E-state index contributed by atoms with van der Waals surface area (Å²) >= 11 is 2.14. The molecule has 7 heteroatoms. The summed E-state index contributed by atoms with van der Waals surface area (Å²) in [5.74, 6) is -1.78. The molecule has 0 aliphatic carbocycles. The fraction of sp³-hybridized carbons (Fsp3) is 0.308. The van der Waals surface area contributed by atoms with Crippen LogP contribution < -0.4 is 10.6 Å². The van der Waals surface area contributed by atoms with Gasteiger partial charge in [-0.3, -0.25) is 14.9 Å². The Morgan fingerprint density at radius 2 is 1.80 bits per heavy atom. The molecule has 1 aromatic carbocycles. The molecule has 1 unspecified atom stereocenters. The van der Waals surface area contributed by atoms with Crippen LogP contribution >= 0.6 is 22.6 Å². The number of amides is 3. The first-order valence-electron chi connectivity index (χ1n) is 5.95. The third-order valence-corrected chi connectivity index (χ3v) is 3.13. The molecular formula is C13H15IN2O4. The van der Waals surface area contributed by atoms with Gasteiger partial charge in [0.2, 0.25) is 5.91 Å². The summed E-state index contributed by atoms with van der Waals surface area (Å²) in [6, 6.07) is 6.47. The lowest BCUT2D eigenvalue weighted by Gasteiger charge is -2.09.